The third-order valence-electron chi connectivity index (χ3n) is 7.09. The van der Waals surface area contributed by atoms with Crippen LogP contribution in [0.4, 0.5) is 0 Å². The van der Waals surface area contributed by atoms with Gasteiger partial charge in [0.15, 0.2) is 16.3 Å². The van der Waals surface area contributed by atoms with Gasteiger partial charge >= 0.3 is 5.97 Å². The first-order valence-electron chi connectivity index (χ1n) is 14.1. The van der Waals surface area contributed by atoms with Gasteiger partial charge in [0.1, 0.15) is 18.4 Å². The van der Waals surface area contributed by atoms with Gasteiger partial charge in [-0.2, -0.15) is 5.26 Å². The Hall–Kier alpha value is -4.18. The first-order chi connectivity index (χ1) is 22.0. The van der Waals surface area contributed by atoms with E-state index < -0.39 is 12.0 Å². The molecule has 5 rings (SSSR count). The van der Waals surface area contributed by atoms with Crippen molar-refractivity contribution in [3.8, 4) is 23.3 Å². The number of nitriles is 1. The smallest absolute Gasteiger partial charge is 0.338 e. The number of carbonyl (C=O) groups is 1. The summed E-state index contributed by atoms with van der Waals surface area (Å²) in [6, 6.07) is 17.5. The molecule has 0 aliphatic carbocycles. The average Bonchev–Trinajstić information content (AvgIpc) is 3.32. The van der Waals surface area contributed by atoms with Crippen LogP contribution in [0.1, 0.15) is 49.1 Å². The summed E-state index contributed by atoms with van der Waals surface area (Å²) >= 11 is 8.34. The molecule has 0 fully saturated rings. The monoisotopic (exact) mass is 765 g/mol. The fourth-order valence-electron chi connectivity index (χ4n) is 5.02. The molecule has 1 atom stereocenters. The van der Waals surface area contributed by atoms with Crippen molar-refractivity contribution in [3.63, 3.8) is 0 Å². The molecule has 1 aromatic heterocycles. The highest BCUT2D eigenvalue weighted by atomic mass is 79.9. The van der Waals surface area contributed by atoms with Crippen molar-refractivity contribution < 1.29 is 23.7 Å². The van der Waals surface area contributed by atoms with Crippen LogP contribution in [-0.2, 0) is 16.1 Å². The van der Waals surface area contributed by atoms with E-state index in [2.05, 4.69) is 42.9 Å². The van der Waals surface area contributed by atoms with Crippen molar-refractivity contribution in [1.29, 1.82) is 5.26 Å². The second-order valence-corrected chi connectivity index (χ2v) is 13.3. The quantitative estimate of drug-likeness (QED) is 0.187. The molecule has 0 bridgehead atoms. The molecule has 4 aromatic rings. The Morgan fingerprint density at radius 3 is 2.46 bits per heavy atom. The van der Waals surface area contributed by atoms with Crippen LogP contribution < -0.4 is 29.1 Å². The van der Waals surface area contributed by atoms with Crippen LogP contribution in [0.15, 0.2) is 84.6 Å². The predicted octanol–water partition coefficient (Wildman–Crippen LogP) is 6.18. The lowest BCUT2D eigenvalue weighted by Gasteiger charge is -2.26. The summed E-state index contributed by atoms with van der Waals surface area (Å²) in [4.78, 5) is 32.7. The van der Waals surface area contributed by atoms with E-state index in [0.717, 1.165) is 10.0 Å². The molecule has 3 aromatic carbocycles. The van der Waals surface area contributed by atoms with Crippen molar-refractivity contribution in [2.45, 2.75) is 39.5 Å². The maximum Gasteiger partial charge on any atom is 0.338 e. The number of hydrogen-bond donors (Lipinski definition) is 0. The molecule has 46 heavy (non-hydrogen) atoms. The summed E-state index contributed by atoms with van der Waals surface area (Å²) in [7, 11) is 3.09. The zero-order chi connectivity index (χ0) is 33.1. The highest BCUT2D eigenvalue weighted by Crippen LogP contribution is 2.39. The Labute approximate surface area is 286 Å². The van der Waals surface area contributed by atoms with E-state index >= 15 is 0 Å². The number of allylic oxidation sites excluding steroid dienone is 1. The minimum atomic E-state index is -0.837. The third kappa shape index (κ3) is 6.82. The first-order valence-corrected chi connectivity index (χ1v) is 16.5. The van der Waals surface area contributed by atoms with Crippen molar-refractivity contribution >= 4 is 55.2 Å². The van der Waals surface area contributed by atoms with E-state index in [0.29, 0.717) is 53.4 Å². The molecule has 0 amide bonds. The maximum absolute atomic E-state index is 14.2. The summed E-state index contributed by atoms with van der Waals surface area (Å²) in [5.41, 5.74) is 3.15. The minimum Gasteiger partial charge on any atom is -0.496 e. The largest absolute Gasteiger partial charge is 0.496 e. The van der Waals surface area contributed by atoms with E-state index in [-0.39, 0.29) is 23.8 Å². The Kier molecular flexibility index (Phi) is 10.2. The summed E-state index contributed by atoms with van der Waals surface area (Å²) in [6.45, 7) is 5.55. The number of benzene rings is 3. The van der Waals surface area contributed by atoms with Gasteiger partial charge in [-0.25, -0.2) is 9.79 Å². The van der Waals surface area contributed by atoms with E-state index in [9.17, 15) is 9.59 Å². The number of halogens is 2. The standard InChI is InChI=1S/C34H29Br2N3O6S/c1-18(2)45-33(41)29-19(3)38-34-39(30(29)24-15-23(35)10-11-26(24)42-4)32(40)28(46-34)14-22-12-25(36)31(27(13-22)43-5)44-17-21-8-6-20(16-37)7-9-21/h6-15,18,30H,17H2,1-5H3/b28-14-/t30-/m0/s1. The summed E-state index contributed by atoms with van der Waals surface area (Å²) in [6.07, 6.45) is 1.38. The van der Waals surface area contributed by atoms with Crippen LogP contribution in [0, 0.1) is 11.3 Å². The molecule has 0 unspecified atom stereocenters. The SMILES string of the molecule is COc1ccc(Br)cc1[C@H]1C(C(=O)OC(C)C)=C(C)N=c2s/c(=C\c3cc(Br)c(OCc4ccc(C#N)cc4)c(OC)c3)c(=O)n21. The van der Waals surface area contributed by atoms with Crippen LogP contribution in [0.25, 0.3) is 6.08 Å². The fourth-order valence-corrected chi connectivity index (χ4v) is 7.02. The molecule has 236 valence electrons. The second-order valence-electron chi connectivity index (χ2n) is 10.6. The molecule has 0 N–H and O–H groups in total. The van der Waals surface area contributed by atoms with E-state index in [1.807, 2.05) is 30.3 Å². The fraction of sp³-hybridized carbons (Fsp3) is 0.235. The molecular formula is C34H29Br2N3O6S. The number of nitrogens with zero attached hydrogens (tertiary/aromatic N) is 3. The predicted molar refractivity (Wildman–Crippen MR) is 182 cm³/mol. The molecule has 0 radical (unpaired) electrons. The highest BCUT2D eigenvalue weighted by Gasteiger charge is 2.35. The van der Waals surface area contributed by atoms with Gasteiger partial charge in [-0.1, -0.05) is 39.4 Å². The van der Waals surface area contributed by atoms with Gasteiger partial charge in [-0.3, -0.25) is 9.36 Å². The topological polar surface area (TPSA) is 112 Å². The average molecular weight is 767 g/mol. The molecule has 9 nitrogen and oxygen atoms in total. The van der Waals surface area contributed by atoms with Crippen molar-refractivity contribution in [2.24, 2.45) is 4.99 Å². The van der Waals surface area contributed by atoms with Gasteiger partial charge in [0.05, 0.1) is 52.2 Å². The Morgan fingerprint density at radius 1 is 1.09 bits per heavy atom. The number of thiazole rings is 1. The maximum atomic E-state index is 14.2. The minimum absolute atomic E-state index is 0.261. The number of methoxy groups -OCH3 is 2. The zero-order valence-corrected chi connectivity index (χ0v) is 29.6. The lowest BCUT2D eigenvalue weighted by Crippen LogP contribution is -2.40. The van der Waals surface area contributed by atoms with Crippen LogP contribution in [0.3, 0.4) is 0 Å². The number of hydrogen-bond acceptors (Lipinski definition) is 9. The molecule has 0 saturated carbocycles. The van der Waals surface area contributed by atoms with Gasteiger partial charge in [0.2, 0.25) is 0 Å². The van der Waals surface area contributed by atoms with E-state index in [1.165, 1.54) is 15.9 Å². The number of carbonyl (C=O) groups excluding carboxylic acids is 1. The normalized spacial score (nSPS) is 14.4. The molecule has 0 saturated heterocycles. The number of rotatable bonds is 9. The highest BCUT2D eigenvalue weighted by molar-refractivity contribution is 9.10. The number of esters is 1. The molecular weight excluding hydrogens is 738 g/mol. The molecule has 12 heteroatoms. The van der Waals surface area contributed by atoms with Crippen molar-refractivity contribution in [1.82, 2.24) is 4.57 Å². The second kappa shape index (κ2) is 14.1. The van der Waals surface area contributed by atoms with Crippen molar-refractivity contribution in [2.75, 3.05) is 14.2 Å². The molecule has 0 spiro atoms. The van der Waals surface area contributed by atoms with E-state index in [1.54, 1.807) is 65.3 Å². The lowest BCUT2D eigenvalue weighted by molar-refractivity contribution is -0.143. The molecule has 2 heterocycles. The number of fused-ring (bicyclic) bond motifs is 1. The molecule has 1 aliphatic heterocycles. The number of aromatic nitrogens is 1. The number of ether oxygens (including phenoxy) is 4. The summed E-state index contributed by atoms with van der Waals surface area (Å²) in [5.74, 6) is 0.921. The van der Waals surface area contributed by atoms with Crippen LogP contribution in [0.2, 0.25) is 0 Å². The lowest BCUT2D eigenvalue weighted by atomic mass is 9.95. The Balaban J connectivity index is 1.59. The Bertz CT molecular complexity index is 2080. The van der Waals surface area contributed by atoms with Crippen LogP contribution in [0.5, 0.6) is 17.2 Å². The summed E-state index contributed by atoms with van der Waals surface area (Å²) < 4.78 is 26.3. The van der Waals surface area contributed by atoms with Gasteiger partial charge in [0, 0.05) is 10.0 Å². The zero-order valence-electron chi connectivity index (χ0n) is 25.6. The molecule has 1 aliphatic rings. The van der Waals surface area contributed by atoms with Gasteiger partial charge in [0.25, 0.3) is 5.56 Å². The van der Waals surface area contributed by atoms with Crippen LogP contribution in [-0.4, -0.2) is 30.9 Å². The van der Waals surface area contributed by atoms with E-state index in [4.69, 9.17) is 24.2 Å². The summed E-state index contributed by atoms with van der Waals surface area (Å²) in [5, 5.41) is 9.05. The van der Waals surface area contributed by atoms with Gasteiger partial charge in [-0.05, 0) is 96.4 Å². The van der Waals surface area contributed by atoms with Gasteiger partial charge < -0.3 is 18.9 Å². The Morgan fingerprint density at radius 2 is 1.80 bits per heavy atom. The first kappa shape index (κ1) is 33.2. The van der Waals surface area contributed by atoms with Crippen molar-refractivity contribution in [3.05, 3.63) is 117 Å². The third-order valence-corrected chi connectivity index (χ3v) is 9.15. The van der Waals surface area contributed by atoms with Crippen LogP contribution >= 0.6 is 43.2 Å². The van der Waals surface area contributed by atoms with Gasteiger partial charge in [-0.15, -0.1) is 0 Å².